The number of Topliss-reactive ketones (excluding diaryl/α,β-unsaturated/α-hetero) is 1. The van der Waals surface area contributed by atoms with Crippen LogP contribution in [0.25, 0.3) is 0 Å². The monoisotopic (exact) mass is 330 g/mol. The predicted molar refractivity (Wildman–Crippen MR) is 85.4 cm³/mol. The third kappa shape index (κ3) is 3.33. The van der Waals surface area contributed by atoms with Crippen molar-refractivity contribution in [2.24, 2.45) is 0 Å². The lowest BCUT2D eigenvalue weighted by Gasteiger charge is -2.11. The normalized spacial score (nSPS) is 14.5. The second-order valence-corrected chi connectivity index (χ2v) is 5.76. The van der Waals surface area contributed by atoms with Gasteiger partial charge in [-0.15, -0.1) is 0 Å². The average Bonchev–Trinajstić information content (AvgIpc) is 2.92. The number of aromatic hydroxyl groups is 1. The molecule has 7 heteroatoms. The molecule has 2 aromatic rings. The highest BCUT2D eigenvalue weighted by atomic mass is 19.1. The molecule has 24 heavy (non-hydrogen) atoms. The van der Waals surface area contributed by atoms with E-state index in [1.165, 1.54) is 24.3 Å². The van der Waals surface area contributed by atoms with Crippen LogP contribution in [0.15, 0.2) is 36.4 Å². The Morgan fingerprint density at radius 2 is 2.00 bits per heavy atom. The van der Waals surface area contributed by atoms with Crippen LogP contribution < -0.4 is 5.46 Å². The van der Waals surface area contributed by atoms with E-state index >= 15 is 0 Å². The summed E-state index contributed by atoms with van der Waals surface area (Å²) in [7, 11) is -1.14. The number of carbonyl (C=O) groups is 1. The SMILES string of the molecule is O=C(CCC(O)c1ccc(O)cc1)c1cc2c(cc1F)COB2O. The largest absolute Gasteiger partial charge is 0.508 e. The van der Waals surface area contributed by atoms with Crippen molar-refractivity contribution in [1.82, 2.24) is 0 Å². The molecule has 1 unspecified atom stereocenters. The van der Waals surface area contributed by atoms with Gasteiger partial charge >= 0.3 is 7.12 Å². The van der Waals surface area contributed by atoms with Crippen LogP contribution in [0.5, 0.6) is 5.75 Å². The number of halogens is 1. The van der Waals surface area contributed by atoms with Crippen molar-refractivity contribution in [2.75, 3.05) is 0 Å². The van der Waals surface area contributed by atoms with Crippen molar-refractivity contribution < 1.29 is 29.1 Å². The lowest BCUT2D eigenvalue weighted by Crippen LogP contribution is -2.29. The highest BCUT2D eigenvalue weighted by Crippen LogP contribution is 2.23. The molecule has 3 rings (SSSR count). The molecule has 0 aliphatic carbocycles. The summed E-state index contributed by atoms with van der Waals surface area (Å²) in [6.45, 7) is 0.113. The number of fused-ring (bicyclic) bond motifs is 1. The Kier molecular flexibility index (Phi) is 4.66. The molecule has 2 aromatic carbocycles. The molecule has 1 atom stereocenters. The fourth-order valence-electron chi connectivity index (χ4n) is 2.72. The van der Waals surface area contributed by atoms with Crippen LogP contribution >= 0.6 is 0 Å². The zero-order chi connectivity index (χ0) is 17.3. The van der Waals surface area contributed by atoms with Gasteiger partial charge in [0.1, 0.15) is 11.6 Å². The highest BCUT2D eigenvalue weighted by Gasteiger charge is 2.30. The Morgan fingerprint density at radius 1 is 1.29 bits per heavy atom. The zero-order valence-corrected chi connectivity index (χ0v) is 12.8. The van der Waals surface area contributed by atoms with E-state index in [1.807, 2.05) is 0 Å². The van der Waals surface area contributed by atoms with E-state index < -0.39 is 24.8 Å². The lowest BCUT2D eigenvalue weighted by molar-refractivity contribution is 0.0936. The van der Waals surface area contributed by atoms with Gasteiger partial charge in [0, 0.05) is 6.42 Å². The Labute approximate surface area is 138 Å². The zero-order valence-electron chi connectivity index (χ0n) is 12.8. The van der Waals surface area contributed by atoms with Gasteiger partial charge in [-0.2, -0.15) is 0 Å². The average molecular weight is 330 g/mol. The predicted octanol–water partition coefficient (Wildman–Crippen LogP) is 1.45. The van der Waals surface area contributed by atoms with E-state index in [0.717, 1.165) is 0 Å². The number of phenolic OH excluding ortho intramolecular Hbond substituents is 1. The summed E-state index contributed by atoms with van der Waals surface area (Å²) in [4.78, 5) is 12.2. The topological polar surface area (TPSA) is 87.0 Å². The maximum atomic E-state index is 14.1. The first kappa shape index (κ1) is 16.6. The van der Waals surface area contributed by atoms with Crippen LogP contribution in [-0.4, -0.2) is 28.1 Å². The smallest absolute Gasteiger partial charge is 0.491 e. The quantitative estimate of drug-likeness (QED) is 0.571. The Morgan fingerprint density at radius 3 is 2.71 bits per heavy atom. The standard InChI is InChI=1S/C17H16BFO5/c19-15-7-11-9-24-18(23)14(11)8-13(15)17(22)6-5-16(21)10-1-3-12(20)4-2-10/h1-4,7-8,16,20-21,23H,5-6,9H2. The number of carbonyl (C=O) groups excluding carboxylic acids is 1. The number of aliphatic hydroxyl groups is 1. The molecular formula is C17H16BFO5. The van der Waals surface area contributed by atoms with Crippen LogP contribution in [-0.2, 0) is 11.3 Å². The molecule has 3 N–H and O–H groups in total. The van der Waals surface area contributed by atoms with Crippen molar-refractivity contribution in [3.05, 3.63) is 58.9 Å². The minimum Gasteiger partial charge on any atom is -0.508 e. The molecule has 5 nitrogen and oxygen atoms in total. The van der Waals surface area contributed by atoms with Crippen molar-refractivity contribution >= 4 is 18.4 Å². The van der Waals surface area contributed by atoms with Gasteiger partial charge in [0.2, 0.25) is 0 Å². The Bertz CT molecular complexity index is 762. The van der Waals surface area contributed by atoms with Crippen LogP contribution in [0, 0.1) is 5.82 Å². The molecule has 0 bridgehead atoms. The number of aliphatic hydroxyl groups excluding tert-OH is 1. The van der Waals surface area contributed by atoms with Gasteiger partial charge in [0.05, 0.1) is 18.3 Å². The number of hydrogen-bond acceptors (Lipinski definition) is 5. The highest BCUT2D eigenvalue weighted by molar-refractivity contribution is 6.61. The van der Waals surface area contributed by atoms with E-state index in [0.29, 0.717) is 16.6 Å². The molecule has 0 aromatic heterocycles. The first-order valence-corrected chi connectivity index (χ1v) is 7.58. The first-order valence-electron chi connectivity index (χ1n) is 7.58. The van der Waals surface area contributed by atoms with Gasteiger partial charge in [0.15, 0.2) is 5.78 Å². The second kappa shape index (κ2) is 6.72. The molecule has 0 saturated carbocycles. The summed E-state index contributed by atoms with van der Waals surface area (Å²) >= 11 is 0. The third-order valence-corrected chi connectivity index (χ3v) is 4.11. The first-order chi connectivity index (χ1) is 11.5. The van der Waals surface area contributed by atoms with Crippen molar-refractivity contribution in [3.63, 3.8) is 0 Å². The van der Waals surface area contributed by atoms with E-state index in [9.17, 15) is 24.4 Å². The molecule has 1 aliphatic rings. The van der Waals surface area contributed by atoms with Gasteiger partial charge in [-0.05, 0) is 47.3 Å². The van der Waals surface area contributed by atoms with Gasteiger partial charge < -0.3 is 19.9 Å². The van der Waals surface area contributed by atoms with Gasteiger partial charge in [-0.3, -0.25) is 4.79 Å². The summed E-state index contributed by atoms with van der Waals surface area (Å²) in [5, 5.41) is 29.0. The number of rotatable bonds is 5. The molecule has 0 spiro atoms. The Hall–Kier alpha value is -2.22. The van der Waals surface area contributed by atoms with Crippen LogP contribution in [0.3, 0.4) is 0 Å². The molecule has 124 valence electrons. The molecule has 0 radical (unpaired) electrons. The number of phenols is 1. The summed E-state index contributed by atoms with van der Waals surface area (Å²) in [5.41, 5.74) is 1.38. The van der Waals surface area contributed by atoms with Crippen molar-refractivity contribution in [3.8, 4) is 5.75 Å². The van der Waals surface area contributed by atoms with E-state index in [2.05, 4.69) is 0 Å². The fraction of sp³-hybridized carbons (Fsp3) is 0.235. The maximum absolute atomic E-state index is 14.1. The fourth-order valence-corrected chi connectivity index (χ4v) is 2.72. The van der Waals surface area contributed by atoms with E-state index in [4.69, 9.17) is 4.65 Å². The van der Waals surface area contributed by atoms with Crippen LogP contribution in [0.1, 0.15) is 40.4 Å². The number of ketones is 1. The summed E-state index contributed by atoms with van der Waals surface area (Å²) in [6.07, 6.45) is -0.811. The van der Waals surface area contributed by atoms with E-state index in [1.54, 1.807) is 12.1 Å². The summed E-state index contributed by atoms with van der Waals surface area (Å²) < 4.78 is 19.1. The lowest BCUT2D eigenvalue weighted by atomic mass is 9.78. The van der Waals surface area contributed by atoms with Crippen LogP contribution in [0.4, 0.5) is 4.39 Å². The number of benzene rings is 2. The molecule has 0 amide bonds. The van der Waals surface area contributed by atoms with Crippen molar-refractivity contribution in [1.29, 1.82) is 0 Å². The molecule has 1 heterocycles. The third-order valence-electron chi connectivity index (χ3n) is 4.11. The number of hydrogen-bond donors (Lipinski definition) is 3. The molecule has 0 fully saturated rings. The van der Waals surface area contributed by atoms with Gasteiger partial charge in [-0.25, -0.2) is 4.39 Å². The molecular weight excluding hydrogens is 314 g/mol. The van der Waals surface area contributed by atoms with E-state index in [-0.39, 0.29) is 30.8 Å². The Balaban J connectivity index is 1.69. The molecule has 1 aliphatic heterocycles. The van der Waals surface area contributed by atoms with Gasteiger partial charge in [-0.1, -0.05) is 12.1 Å². The maximum Gasteiger partial charge on any atom is 0.491 e. The second-order valence-electron chi connectivity index (χ2n) is 5.76. The minimum absolute atomic E-state index is 0.0469. The van der Waals surface area contributed by atoms with Gasteiger partial charge in [0.25, 0.3) is 0 Å². The molecule has 0 saturated heterocycles. The summed E-state index contributed by atoms with van der Waals surface area (Å²) in [5.74, 6) is -1.02. The van der Waals surface area contributed by atoms with Crippen LogP contribution in [0.2, 0.25) is 0 Å². The summed E-state index contributed by atoms with van der Waals surface area (Å²) in [6, 6.07) is 8.54. The van der Waals surface area contributed by atoms with Crippen molar-refractivity contribution in [2.45, 2.75) is 25.6 Å². The minimum atomic E-state index is -1.14.